The number of piperidine rings is 1. The van der Waals surface area contributed by atoms with Crippen LogP contribution in [0.25, 0.3) is 11.0 Å². The van der Waals surface area contributed by atoms with Crippen molar-refractivity contribution in [2.75, 3.05) is 18.8 Å². The summed E-state index contributed by atoms with van der Waals surface area (Å²) in [4.78, 5) is 22.5. The van der Waals surface area contributed by atoms with E-state index in [0.29, 0.717) is 11.7 Å². The van der Waals surface area contributed by atoms with Gasteiger partial charge in [0.25, 0.3) is 0 Å². The third-order valence-electron chi connectivity index (χ3n) is 4.80. The Balaban J connectivity index is 1.55. The van der Waals surface area contributed by atoms with Gasteiger partial charge in [-0.3, -0.25) is 4.79 Å². The first kappa shape index (κ1) is 17.3. The molecule has 3 N–H and O–H groups in total. The number of likely N-dealkylation sites (tertiary alicyclic amines) is 1. The molecule has 1 aliphatic heterocycles. The maximum atomic E-state index is 12.5. The molecule has 0 bridgehead atoms. The topological polar surface area (TPSA) is 75.0 Å². The second-order valence-electron chi connectivity index (χ2n) is 6.69. The molecular formula is C18H26N4OS. The number of para-hydroxylation sites is 2. The van der Waals surface area contributed by atoms with Crippen LogP contribution in [-0.4, -0.2) is 45.7 Å². The van der Waals surface area contributed by atoms with E-state index < -0.39 is 0 Å². The maximum absolute atomic E-state index is 12.5. The van der Waals surface area contributed by atoms with Gasteiger partial charge in [-0.05, 0) is 44.7 Å². The Morgan fingerprint density at radius 2 is 2.25 bits per heavy atom. The van der Waals surface area contributed by atoms with Crippen LogP contribution in [0.5, 0.6) is 0 Å². The van der Waals surface area contributed by atoms with Crippen LogP contribution in [0.2, 0.25) is 0 Å². The Labute approximate surface area is 147 Å². The van der Waals surface area contributed by atoms with E-state index in [1.165, 1.54) is 0 Å². The van der Waals surface area contributed by atoms with Crippen LogP contribution >= 0.6 is 11.8 Å². The van der Waals surface area contributed by atoms with Crippen LogP contribution in [-0.2, 0) is 4.79 Å². The fourth-order valence-electron chi connectivity index (χ4n) is 3.20. The van der Waals surface area contributed by atoms with Gasteiger partial charge in [0.15, 0.2) is 0 Å². The Kier molecular flexibility index (Phi) is 5.46. The summed E-state index contributed by atoms with van der Waals surface area (Å²) in [5, 5.41) is 0.162. The Bertz CT molecular complexity index is 666. The van der Waals surface area contributed by atoms with Crippen LogP contribution in [0.3, 0.4) is 0 Å². The minimum Gasteiger partial charge on any atom is -0.342 e. The summed E-state index contributed by atoms with van der Waals surface area (Å²) in [5.74, 6) is 2.07. The van der Waals surface area contributed by atoms with Gasteiger partial charge in [0, 0.05) is 19.1 Å². The van der Waals surface area contributed by atoms with E-state index in [1.54, 1.807) is 11.8 Å². The van der Waals surface area contributed by atoms with Crippen molar-refractivity contribution in [3.63, 3.8) is 0 Å². The van der Waals surface area contributed by atoms with Gasteiger partial charge in [-0.25, -0.2) is 4.98 Å². The molecule has 1 amide bonds. The molecule has 0 spiro atoms. The minimum atomic E-state index is 0.155. The summed E-state index contributed by atoms with van der Waals surface area (Å²) < 4.78 is 0. The number of H-pyrrole nitrogens is 1. The first-order valence-corrected chi connectivity index (χ1v) is 9.69. The number of amides is 1. The Morgan fingerprint density at radius 3 is 3.00 bits per heavy atom. The lowest BCUT2D eigenvalue weighted by atomic mass is 9.92. The van der Waals surface area contributed by atoms with E-state index in [1.807, 2.05) is 36.1 Å². The minimum absolute atomic E-state index is 0.155. The Hall–Kier alpha value is -1.53. The second-order valence-corrected chi connectivity index (χ2v) is 8.02. The number of hydrogen-bond acceptors (Lipinski definition) is 4. The molecule has 1 aromatic heterocycles. The van der Waals surface area contributed by atoms with E-state index in [0.717, 1.165) is 42.8 Å². The zero-order chi connectivity index (χ0) is 17.1. The maximum Gasteiger partial charge on any atom is 0.232 e. The van der Waals surface area contributed by atoms with Gasteiger partial charge in [-0.2, -0.15) is 0 Å². The van der Waals surface area contributed by atoms with Gasteiger partial charge in [0.2, 0.25) is 5.91 Å². The molecule has 0 saturated carbocycles. The monoisotopic (exact) mass is 346 g/mol. The molecule has 1 aromatic carbocycles. The number of thioether (sulfide) groups is 1. The molecule has 24 heavy (non-hydrogen) atoms. The molecule has 3 atom stereocenters. The predicted octanol–water partition coefficient (Wildman–Crippen LogP) is 2.94. The van der Waals surface area contributed by atoms with Crippen molar-refractivity contribution in [3.8, 4) is 0 Å². The molecule has 0 radical (unpaired) electrons. The number of imidazole rings is 1. The molecule has 2 aromatic rings. The molecular weight excluding hydrogens is 320 g/mol. The van der Waals surface area contributed by atoms with Gasteiger partial charge in [0.1, 0.15) is 5.82 Å². The number of aromatic amines is 1. The smallest absolute Gasteiger partial charge is 0.232 e. The number of fused-ring (bicyclic) bond motifs is 1. The van der Waals surface area contributed by atoms with Crippen LogP contribution in [0.15, 0.2) is 24.3 Å². The highest BCUT2D eigenvalue weighted by Gasteiger charge is 2.26. The van der Waals surface area contributed by atoms with E-state index in [-0.39, 0.29) is 17.2 Å². The van der Waals surface area contributed by atoms with Crippen LogP contribution in [0.1, 0.15) is 37.8 Å². The van der Waals surface area contributed by atoms with Gasteiger partial charge >= 0.3 is 0 Å². The van der Waals surface area contributed by atoms with Crippen molar-refractivity contribution in [1.82, 2.24) is 14.9 Å². The zero-order valence-electron chi connectivity index (χ0n) is 14.4. The van der Waals surface area contributed by atoms with E-state index in [9.17, 15) is 4.79 Å². The molecule has 1 fully saturated rings. The average Bonchev–Trinajstić information content (AvgIpc) is 3.03. The number of carbonyl (C=O) groups is 1. The number of rotatable bonds is 5. The number of hydrogen-bond donors (Lipinski definition) is 2. The highest BCUT2D eigenvalue weighted by molar-refractivity contribution is 8.00. The summed E-state index contributed by atoms with van der Waals surface area (Å²) in [7, 11) is 0. The fraction of sp³-hybridized carbons (Fsp3) is 0.556. The van der Waals surface area contributed by atoms with E-state index >= 15 is 0 Å². The number of carbonyl (C=O) groups excluding carboxylic acids is 1. The highest BCUT2D eigenvalue weighted by atomic mass is 32.2. The first-order valence-electron chi connectivity index (χ1n) is 8.64. The third-order valence-corrected chi connectivity index (χ3v) is 5.94. The molecule has 6 heteroatoms. The molecule has 5 nitrogen and oxygen atoms in total. The second kappa shape index (κ2) is 7.57. The van der Waals surface area contributed by atoms with Gasteiger partial charge in [0.05, 0.1) is 22.0 Å². The van der Waals surface area contributed by atoms with Crippen LogP contribution in [0.4, 0.5) is 0 Å². The van der Waals surface area contributed by atoms with Gasteiger partial charge in [-0.1, -0.05) is 12.1 Å². The number of nitrogens with two attached hydrogens (primary N) is 1. The quantitative estimate of drug-likeness (QED) is 0.873. The normalized spacial score (nSPS) is 21.0. The molecule has 3 rings (SSSR count). The van der Waals surface area contributed by atoms with Crippen molar-refractivity contribution in [2.45, 2.75) is 38.0 Å². The molecule has 1 saturated heterocycles. The molecule has 0 aliphatic carbocycles. The van der Waals surface area contributed by atoms with Crippen molar-refractivity contribution >= 4 is 28.7 Å². The molecule has 1 aliphatic rings. The summed E-state index contributed by atoms with van der Waals surface area (Å²) in [6.07, 6.45) is 2.19. The van der Waals surface area contributed by atoms with Gasteiger partial charge in [-0.15, -0.1) is 11.8 Å². The SMILES string of the molecule is CC(SCC(=O)N1CCCC(C(C)N)C1)c1nc2ccccc2[nH]1. The summed E-state index contributed by atoms with van der Waals surface area (Å²) in [6, 6.07) is 8.16. The lowest BCUT2D eigenvalue weighted by molar-refractivity contribution is -0.130. The summed E-state index contributed by atoms with van der Waals surface area (Å²) in [6.45, 7) is 5.80. The lowest BCUT2D eigenvalue weighted by Gasteiger charge is -2.34. The molecule has 2 heterocycles. The van der Waals surface area contributed by atoms with Crippen LogP contribution < -0.4 is 5.73 Å². The molecule has 130 valence electrons. The predicted molar refractivity (Wildman–Crippen MR) is 99.9 cm³/mol. The largest absolute Gasteiger partial charge is 0.342 e. The average molecular weight is 346 g/mol. The molecule has 3 unspecified atom stereocenters. The van der Waals surface area contributed by atoms with Gasteiger partial charge < -0.3 is 15.6 Å². The van der Waals surface area contributed by atoms with E-state index in [2.05, 4.69) is 16.9 Å². The number of benzene rings is 1. The van der Waals surface area contributed by atoms with Crippen molar-refractivity contribution in [2.24, 2.45) is 11.7 Å². The standard InChI is InChI=1S/C18H26N4OS/c1-12(19)14-6-5-9-22(10-14)17(23)11-24-13(2)18-20-15-7-3-4-8-16(15)21-18/h3-4,7-8,12-14H,5-6,9-11,19H2,1-2H3,(H,20,21). The van der Waals surface area contributed by atoms with Crippen molar-refractivity contribution < 1.29 is 4.79 Å². The fourth-order valence-corrected chi connectivity index (χ4v) is 4.04. The van der Waals surface area contributed by atoms with E-state index in [4.69, 9.17) is 5.73 Å². The number of nitrogens with one attached hydrogen (secondary N) is 1. The Morgan fingerprint density at radius 1 is 1.46 bits per heavy atom. The number of aromatic nitrogens is 2. The first-order chi connectivity index (χ1) is 11.5. The van der Waals surface area contributed by atoms with Crippen molar-refractivity contribution in [1.29, 1.82) is 0 Å². The van der Waals surface area contributed by atoms with Crippen LogP contribution in [0, 0.1) is 5.92 Å². The number of nitrogens with zero attached hydrogens (tertiary/aromatic N) is 2. The zero-order valence-corrected chi connectivity index (χ0v) is 15.2. The van der Waals surface area contributed by atoms with Crippen molar-refractivity contribution in [3.05, 3.63) is 30.1 Å². The summed E-state index contributed by atoms with van der Waals surface area (Å²) >= 11 is 1.64. The summed E-state index contributed by atoms with van der Waals surface area (Å²) in [5.41, 5.74) is 8.03. The highest BCUT2D eigenvalue weighted by Crippen LogP contribution is 2.28. The third kappa shape index (κ3) is 3.92. The lowest BCUT2D eigenvalue weighted by Crippen LogP contribution is -2.45.